The second-order valence-corrected chi connectivity index (χ2v) is 7.76. The van der Waals surface area contributed by atoms with Crippen molar-refractivity contribution in [3.05, 3.63) is 88.4 Å². The zero-order valence-electron chi connectivity index (χ0n) is 18.7. The number of ether oxygens (including phenoxy) is 1. The minimum absolute atomic E-state index is 0.116. The molecule has 0 bridgehead atoms. The van der Waals surface area contributed by atoms with Crippen molar-refractivity contribution in [2.24, 2.45) is 0 Å². The Balaban J connectivity index is 1.74. The maximum atomic E-state index is 13.3. The number of nitriles is 1. The summed E-state index contributed by atoms with van der Waals surface area (Å²) in [5, 5.41) is 10.6. The number of Topliss-reactive ketones (excluding diaryl/α,β-unsaturated/α-hetero) is 1. The topological polar surface area (TPSA) is 70.8 Å². The van der Waals surface area contributed by atoms with E-state index in [1.165, 1.54) is 0 Å². The van der Waals surface area contributed by atoms with Crippen LogP contribution in [0.4, 0.5) is 0 Å². The van der Waals surface area contributed by atoms with Crippen molar-refractivity contribution in [1.29, 1.82) is 5.26 Å². The summed E-state index contributed by atoms with van der Waals surface area (Å²) in [6.45, 7) is 8.44. The number of aromatic nitrogens is 2. The molecule has 0 spiro atoms. The third-order valence-corrected chi connectivity index (χ3v) is 5.66. The summed E-state index contributed by atoms with van der Waals surface area (Å²) in [7, 11) is 0. The van der Waals surface area contributed by atoms with Crippen LogP contribution in [0.3, 0.4) is 0 Å². The first-order chi connectivity index (χ1) is 15.4. The molecule has 0 radical (unpaired) electrons. The van der Waals surface area contributed by atoms with Gasteiger partial charge in [0.15, 0.2) is 0 Å². The van der Waals surface area contributed by atoms with Gasteiger partial charge in [-0.3, -0.25) is 4.79 Å². The summed E-state index contributed by atoms with van der Waals surface area (Å²) >= 11 is 0. The molecular formula is C27H25N3O2. The number of H-pyrrole nitrogens is 1. The van der Waals surface area contributed by atoms with Crippen LogP contribution in [-0.2, 0) is 0 Å². The molecule has 1 N–H and O–H groups in total. The fourth-order valence-electron chi connectivity index (χ4n) is 4.20. The zero-order valence-corrected chi connectivity index (χ0v) is 18.7. The van der Waals surface area contributed by atoms with Gasteiger partial charge in [-0.15, -0.1) is 0 Å². The Bertz CT molecular complexity index is 1380. The number of benzene rings is 2. The highest BCUT2D eigenvalue weighted by Gasteiger charge is 2.20. The first-order valence-corrected chi connectivity index (χ1v) is 10.6. The van der Waals surface area contributed by atoms with Gasteiger partial charge in [0.2, 0.25) is 5.78 Å². The number of carbonyl (C=O) groups excluding carboxylic acids is 1. The third-order valence-electron chi connectivity index (χ3n) is 5.66. The average molecular weight is 424 g/mol. The summed E-state index contributed by atoms with van der Waals surface area (Å²) in [6.07, 6.45) is 1.69. The van der Waals surface area contributed by atoms with Crippen LogP contribution in [0.25, 0.3) is 22.7 Å². The molecule has 4 aromatic rings. The highest BCUT2D eigenvalue weighted by atomic mass is 16.5. The number of rotatable bonds is 6. The number of aryl methyl sites for hydroxylation is 2. The summed E-state index contributed by atoms with van der Waals surface area (Å²) in [5.74, 6) is 0.554. The third kappa shape index (κ3) is 3.72. The smallest absolute Gasteiger partial charge is 0.205 e. The summed E-state index contributed by atoms with van der Waals surface area (Å²) in [5.41, 5.74) is 6.14. The van der Waals surface area contributed by atoms with Gasteiger partial charge in [-0.05, 0) is 75.7 Å². The van der Waals surface area contributed by atoms with Gasteiger partial charge >= 0.3 is 0 Å². The fourth-order valence-corrected chi connectivity index (χ4v) is 4.20. The fraction of sp³-hybridized carbons (Fsp3) is 0.185. The average Bonchev–Trinajstić information content (AvgIpc) is 3.27. The van der Waals surface area contributed by atoms with Gasteiger partial charge in [-0.2, -0.15) is 5.26 Å². The van der Waals surface area contributed by atoms with Crippen molar-refractivity contribution in [3.63, 3.8) is 0 Å². The predicted octanol–water partition coefficient (Wildman–Crippen LogP) is 6.07. The lowest BCUT2D eigenvalue weighted by molar-refractivity contribution is 0.104. The highest BCUT2D eigenvalue weighted by molar-refractivity contribution is 6.20. The molecule has 2 aromatic carbocycles. The number of para-hydroxylation sites is 1. The molecule has 0 aliphatic carbocycles. The van der Waals surface area contributed by atoms with E-state index in [4.69, 9.17) is 4.74 Å². The minimum Gasteiger partial charge on any atom is -0.494 e. The van der Waals surface area contributed by atoms with Crippen LogP contribution in [0.2, 0.25) is 0 Å². The number of hydrogen-bond donors (Lipinski definition) is 1. The van der Waals surface area contributed by atoms with Gasteiger partial charge in [0.1, 0.15) is 17.4 Å². The van der Waals surface area contributed by atoms with Crippen LogP contribution in [0.5, 0.6) is 5.75 Å². The molecule has 0 unspecified atom stereocenters. The zero-order chi connectivity index (χ0) is 22.8. The molecule has 0 saturated carbocycles. The monoisotopic (exact) mass is 423 g/mol. The van der Waals surface area contributed by atoms with Crippen LogP contribution < -0.4 is 4.74 Å². The molecule has 160 valence electrons. The van der Waals surface area contributed by atoms with Crippen LogP contribution in [0, 0.1) is 32.1 Å². The van der Waals surface area contributed by atoms with Gasteiger partial charge in [0.25, 0.3) is 0 Å². The molecule has 0 aliphatic rings. The molecule has 0 atom stereocenters. The summed E-state index contributed by atoms with van der Waals surface area (Å²) < 4.78 is 7.65. The summed E-state index contributed by atoms with van der Waals surface area (Å²) in [6, 6.07) is 19.7. The molecule has 2 heterocycles. The van der Waals surface area contributed by atoms with E-state index in [0.29, 0.717) is 12.2 Å². The number of aromatic amines is 1. The van der Waals surface area contributed by atoms with E-state index in [1.807, 2.05) is 82.3 Å². The molecular weight excluding hydrogens is 398 g/mol. The van der Waals surface area contributed by atoms with E-state index in [1.54, 1.807) is 6.08 Å². The van der Waals surface area contributed by atoms with Crippen molar-refractivity contribution < 1.29 is 9.53 Å². The van der Waals surface area contributed by atoms with Gasteiger partial charge in [0.05, 0.1) is 12.2 Å². The molecule has 2 aromatic heterocycles. The molecule has 5 heteroatoms. The van der Waals surface area contributed by atoms with Crippen molar-refractivity contribution >= 4 is 22.8 Å². The van der Waals surface area contributed by atoms with E-state index in [2.05, 4.69) is 15.6 Å². The first kappa shape index (κ1) is 21.2. The quantitative estimate of drug-likeness (QED) is 0.232. The van der Waals surface area contributed by atoms with Crippen LogP contribution in [-0.4, -0.2) is 21.9 Å². The SMILES string of the molecule is CCOc1ccc(-n2c(C)cc(/C=C(\C#N)C(=O)c3c(C)[nH]c4ccccc34)c2C)cc1. The van der Waals surface area contributed by atoms with Gasteiger partial charge < -0.3 is 14.3 Å². The normalized spacial score (nSPS) is 11.5. The highest BCUT2D eigenvalue weighted by Crippen LogP contribution is 2.28. The number of ketones is 1. The molecule has 0 aliphatic heterocycles. The molecule has 0 amide bonds. The lowest BCUT2D eigenvalue weighted by Gasteiger charge is -2.11. The Kier molecular flexibility index (Phi) is 5.70. The van der Waals surface area contributed by atoms with Crippen molar-refractivity contribution in [2.45, 2.75) is 27.7 Å². The first-order valence-electron chi connectivity index (χ1n) is 10.6. The van der Waals surface area contributed by atoms with E-state index in [-0.39, 0.29) is 11.4 Å². The number of fused-ring (bicyclic) bond motifs is 1. The van der Waals surface area contributed by atoms with Crippen molar-refractivity contribution in [1.82, 2.24) is 9.55 Å². The van der Waals surface area contributed by atoms with Crippen LogP contribution in [0.15, 0.2) is 60.2 Å². The Hall–Kier alpha value is -4.04. The number of nitrogens with zero attached hydrogens (tertiary/aromatic N) is 2. The molecule has 4 rings (SSSR count). The maximum Gasteiger partial charge on any atom is 0.205 e. The molecule has 0 saturated heterocycles. The van der Waals surface area contributed by atoms with E-state index in [9.17, 15) is 10.1 Å². The van der Waals surface area contributed by atoms with Crippen LogP contribution in [0.1, 0.15) is 39.9 Å². The molecule has 5 nitrogen and oxygen atoms in total. The van der Waals surface area contributed by atoms with Gasteiger partial charge in [0, 0.05) is 33.7 Å². The second-order valence-electron chi connectivity index (χ2n) is 7.76. The van der Waals surface area contributed by atoms with E-state index in [0.717, 1.165) is 45.0 Å². The Morgan fingerprint density at radius 2 is 1.84 bits per heavy atom. The Morgan fingerprint density at radius 3 is 2.53 bits per heavy atom. The van der Waals surface area contributed by atoms with E-state index >= 15 is 0 Å². The number of hydrogen-bond acceptors (Lipinski definition) is 3. The lowest BCUT2D eigenvalue weighted by Crippen LogP contribution is -2.03. The van der Waals surface area contributed by atoms with E-state index < -0.39 is 0 Å². The number of nitrogens with one attached hydrogen (secondary N) is 1. The second kappa shape index (κ2) is 8.60. The van der Waals surface area contributed by atoms with Crippen LogP contribution >= 0.6 is 0 Å². The predicted molar refractivity (Wildman–Crippen MR) is 127 cm³/mol. The molecule has 0 fully saturated rings. The molecule has 32 heavy (non-hydrogen) atoms. The standard InChI is InChI=1S/C27H25N3O2/c1-5-32-23-12-10-22(11-13-23)30-17(2)14-20(19(30)4)15-21(16-28)27(31)26-18(3)29-25-9-7-6-8-24(25)26/h6-15,29H,5H2,1-4H3/b21-15+. The van der Waals surface area contributed by atoms with Crippen molar-refractivity contribution in [3.8, 4) is 17.5 Å². The Morgan fingerprint density at radius 1 is 1.12 bits per heavy atom. The lowest BCUT2D eigenvalue weighted by atomic mass is 9.99. The van der Waals surface area contributed by atoms with Gasteiger partial charge in [-0.25, -0.2) is 0 Å². The number of carbonyl (C=O) groups is 1. The largest absolute Gasteiger partial charge is 0.494 e. The Labute approximate surface area is 187 Å². The van der Waals surface area contributed by atoms with Crippen molar-refractivity contribution in [2.75, 3.05) is 6.61 Å². The number of allylic oxidation sites excluding steroid dienone is 1. The maximum absolute atomic E-state index is 13.3. The minimum atomic E-state index is -0.270. The van der Waals surface area contributed by atoms with Gasteiger partial charge in [-0.1, -0.05) is 18.2 Å². The summed E-state index contributed by atoms with van der Waals surface area (Å²) in [4.78, 5) is 16.6.